The van der Waals surface area contributed by atoms with Crippen LogP contribution in [-0.4, -0.2) is 18.5 Å². The number of amides is 1. The van der Waals surface area contributed by atoms with Crippen LogP contribution in [-0.2, 0) is 4.79 Å². The molecule has 1 amide bonds. The van der Waals surface area contributed by atoms with Crippen molar-refractivity contribution in [2.24, 2.45) is 0 Å². The van der Waals surface area contributed by atoms with Crippen LogP contribution in [0.5, 0.6) is 0 Å². The number of anilines is 1. The fraction of sp³-hybridized carbons (Fsp3) is 0.417. The fourth-order valence-corrected chi connectivity index (χ4v) is 1.28. The lowest BCUT2D eigenvalue weighted by Crippen LogP contribution is -2.34. The van der Waals surface area contributed by atoms with E-state index in [1.54, 1.807) is 0 Å². The van der Waals surface area contributed by atoms with Crippen LogP contribution in [0.3, 0.4) is 0 Å². The van der Waals surface area contributed by atoms with Gasteiger partial charge in [-0.25, -0.2) is 17.6 Å². The summed E-state index contributed by atoms with van der Waals surface area (Å²) in [6.07, 6.45) is 0.755. The molecule has 0 saturated carbocycles. The van der Waals surface area contributed by atoms with Crippen LogP contribution < -0.4 is 10.6 Å². The Hall–Kier alpha value is -1.63. The van der Waals surface area contributed by atoms with Gasteiger partial charge in [0.1, 0.15) is 5.69 Å². The molecular formula is C12H14F4N2O. The molecule has 0 saturated heterocycles. The second-order valence-electron chi connectivity index (χ2n) is 4.08. The molecule has 1 rings (SSSR count). The molecule has 1 unspecified atom stereocenters. The third kappa shape index (κ3) is 3.92. The minimum absolute atomic E-state index is 0.0321. The molecule has 0 heterocycles. The van der Waals surface area contributed by atoms with Gasteiger partial charge in [0, 0.05) is 12.1 Å². The van der Waals surface area contributed by atoms with Crippen LogP contribution in [0.15, 0.2) is 6.07 Å². The molecule has 0 aromatic heterocycles. The smallest absolute Gasteiger partial charge is 0.238 e. The summed E-state index contributed by atoms with van der Waals surface area (Å²) in [6, 6.07) is 0.113. The second-order valence-corrected chi connectivity index (χ2v) is 4.08. The van der Waals surface area contributed by atoms with Crippen LogP contribution in [0.4, 0.5) is 23.2 Å². The summed E-state index contributed by atoms with van der Waals surface area (Å²) < 4.78 is 52.3. The Bertz CT molecular complexity index is 453. The van der Waals surface area contributed by atoms with Crippen LogP contribution in [0, 0.1) is 23.3 Å². The van der Waals surface area contributed by atoms with Crippen molar-refractivity contribution < 1.29 is 22.4 Å². The molecule has 0 aliphatic heterocycles. The van der Waals surface area contributed by atoms with Gasteiger partial charge in [0.25, 0.3) is 0 Å². The Morgan fingerprint density at radius 3 is 2.21 bits per heavy atom. The molecule has 0 aliphatic carbocycles. The Kier molecular flexibility index (Phi) is 5.29. The Labute approximate surface area is 108 Å². The van der Waals surface area contributed by atoms with E-state index < -0.39 is 34.9 Å². The molecule has 1 atom stereocenters. The van der Waals surface area contributed by atoms with Gasteiger partial charge in [0.05, 0.1) is 6.54 Å². The standard InChI is InChI=1S/C12H14F4N2O/c1-3-6(2)17-5-9(19)18-12-10(15)7(13)4-8(14)11(12)16/h4,6,17H,3,5H2,1-2H3,(H,18,19). The lowest BCUT2D eigenvalue weighted by molar-refractivity contribution is -0.115. The molecule has 19 heavy (non-hydrogen) atoms. The minimum Gasteiger partial charge on any atom is -0.320 e. The predicted octanol–water partition coefficient (Wildman–Crippen LogP) is 2.57. The number of carbonyl (C=O) groups is 1. The van der Waals surface area contributed by atoms with Crippen LogP contribution >= 0.6 is 0 Å². The zero-order valence-electron chi connectivity index (χ0n) is 10.5. The van der Waals surface area contributed by atoms with Crippen molar-refractivity contribution in [1.82, 2.24) is 5.32 Å². The topological polar surface area (TPSA) is 41.1 Å². The maximum absolute atomic E-state index is 13.3. The van der Waals surface area contributed by atoms with Crippen LogP contribution in [0.25, 0.3) is 0 Å². The van der Waals surface area contributed by atoms with Crippen molar-refractivity contribution >= 4 is 11.6 Å². The summed E-state index contributed by atoms with van der Waals surface area (Å²) in [4.78, 5) is 11.4. The van der Waals surface area contributed by atoms with Gasteiger partial charge in [0.2, 0.25) is 5.91 Å². The van der Waals surface area contributed by atoms with Gasteiger partial charge < -0.3 is 10.6 Å². The third-order valence-electron chi connectivity index (χ3n) is 2.60. The second kappa shape index (κ2) is 6.51. The van der Waals surface area contributed by atoms with Gasteiger partial charge in [0.15, 0.2) is 23.3 Å². The maximum atomic E-state index is 13.3. The minimum atomic E-state index is -1.63. The number of nitrogens with one attached hydrogen (secondary N) is 2. The monoisotopic (exact) mass is 278 g/mol. The van der Waals surface area contributed by atoms with Crippen molar-refractivity contribution in [2.75, 3.05) is 11.9 Å². The van der Waals surface area contributed by atoms with Crippen molar-refractivity contribution in [3.63, 3.8) is 0 Å². The SMILES string of the molecule is CCC(C)NCC(=O)Nc1c(F)c(F)cc(F)c1F. The highest BCUT2D eigenvalue weighted by molar-refractivity contribution is 5.92. The Morgan fingerprint density at radius 2 is 1.74 bits per heavy atom. The first-order valence-corrected chi connectivity index (χ1v) is 5.73. The van der Waals surface area contributed by atoms with E-state index in [1.807, 2.05) is 19.2 Å². The van der Waals surface area contributed by atoms with Crippen molar-refractivity contribution in [3.05, 3.63) is 29.3 Å². The number of rotatable bonds is 5. The zero-order valence-corrected chi connectivity index (χ0v) is 10.5. The van der Waals surface area contributed by atoms with E-state index in [1.165, 1.54) is 0 Å². The van der Waals surface area contributed by atoms with E-state index in [0.29, 0.717) is 0 Å². The van der Waals surface area contributed by atoms with Gasteiger partial charge in [-0.3, -0.25) is 4.79 Å². The average molecular weight is 278 g/mol. The quantitative estimate of drug-likeness (QED) is 0.642. The molecule has 0 aliphatic rings. The van der Waals surface area contributed by atoms with Crippen LogP contribution in [0.2, 0.25) is 0 Å². The van der Waals surface area contributed by atoms with E-state index in [2.05, 4.69) is 5.32 Å². The summed E-state index contributed by atoms with van der Waals surface area (Å²) in [5, 5.41) is 4.58. The van der Waals surface area contributed by atoms with Crippen molar-refractivity contribution in [3.8, 4) is 0 Å². The summed E-state index contributed by atoms with van der Waals surface area (Å²) in [5.74, 6) is -7.18. The predicted molar refractivity (Wildman–Crippen MR) is 62.7 cm³/mol. The number of benzene rings is 1. The Morgan fingerprint density at radius 1 is 1.21 bits per heavy atom. The summed E-state index contributed by atoms with van der Waals surface area (Å²) in [6.45, 7) is 3.49. The van der Waals surface area contributed by atoms with E-state index in [-0.39, 0.29) is 18.7 Å². The molecule has 0 bridgehead atoms. The molecule has 0 spiro atoms. The van der Waals surface area contributed by atoms with Gasteiger partial charge in [-0.15, -0.1) is 0 Å². The largest absolute Gasteiger partial charge is 0.320 e. The molecule has 3 nitrogen and oxygen atoms in total. The lowest BCUT2D eigenvalue weighted by Gasteiger charge is -2.12. The van der Waals surface area contributed by atoms with Crippen LogP contribution in [0.1, 0.15) is 20.3 Å². The molecular weight excluding hydrogens is 264 g/mol. The summed E-state index contributed by atoms with van der Waals surface area (Å²) in [5.41, 5.74) is -1.12. The number of carbonyl (C=O) groups excluding carboxylic acids is 1. The molecule has 1 aromatic rings. The molecule has 106 valence electrons. The highest BCUT2D eigenvalue weighted by atomic mass is 19.2. The summed E-state index contributed by atoms with van der Waals surface area (Å²) >= 11 is 0. The third-order valence-corrected chi connectivity index (χ3v) is 2.60. The number of halogens is 4. The molecule has 1 aromatic carbocycles. The van der Waals surface area contributed by atoms with Gasteiger partial charge in [-0.1, -0.05) is 6.92 Å². The average Bonchev–Trinajstić information content (AvgIpc) is 2.38. The van der Waals surface area contributed by atoms with Gasteiger partial charge in [-0.05, 0) is 13.3 Å². The van der Waals surface area contributed by atoms with Gasteiger partial charge in [-0.2, -0.15) is 0 Å². The van der Waals surface area contributed by atoms with Crippen molar-refractivity contribution in [2.45, 2.75) is 26.3 Å². The molecule has 2 N–H and O–H groups in total. The fourth-order valence-electron chi connectivity index (χ4n) is 1.28. The summed E-state index contributed by atoms with van der Waals surface area (Å²) in [7, 11) is 0. The van der Waals surface area contributed by atoms with E-state index >= 15 is 0 Å². The number of hydrogen-bond acceptors (Lipinski definition) is 2. The zero-order chi connectivity index (χ0) is 14.6. The number of hydrogen-bond donors (Lipinski definition) is 2. The lowest BCUT2D eigenvalue weighted by atomic mass is 10.2. The molecule has 0 radical (unpaired) electrons. The molecule has 7 heteroatoms. The first kappa shape index (κ1) is 15.4. The normalized spacial score (nSPS) is 12.3. The van der Waals surface area contributed by atoms with E-state index in [9.17, 15) is 22.4 Å². The van der Waals surface area contributed by atoms with E-state index in [0.717, 1.165) is 6.42 Å². The molecule has 0 fully saturated rings. The van der Waals surface area contributed by atoms with Crippen molar-refractivity contribution in [1.29, 1.82) is 0 Å². The highest BCUT2D eigenvalue weighted by Crippen LogP contribution is 2.23. The Balaban J connectivity index is 2.80. The maximum Gasteiger partial charge on any atom is 0.238 e. The highest BCUT2D eigenvalue weighted by Gasteiger charge is 2.20. The first-order chi connectivity index (χ1) is 8.86. The first-order valence-electron chi connectivity index (χ1n) is 5.73. The van der Waals surface area contributed by atoms with Gasteiger partial charge >= 0.3 is 0 Å². The van der Waals surface area contributed by atoms with E-state index in [4.69, 9.17) is 0 Å².